The Morgan fingerprint density at radius 3 is 3.00 bits per heavy atom. The van der Waals surface area contributed by atoms with E-state index in [1.54, 1.807) is 6.20 Å². The molecule has 0 radical (unpaired) electrons. The molecule has 0 aliphatic rings. The topological polar surface area (TPSA) is 77.8 Å². The van der Waals surface area contributed by atoms with Gasteiger partial charge in [-0.05, 0) is 18.6 Å². The van der Waals surface area contributed by atoms with Crippen LogP contribution in [-0.4, -0.2) is 15.1 Å². The van der Waals surface area contributed by atoms with Crippen LogP contribution in [0.5, 0.6) is 0 Å². The zero-order valence-corrected chi connectivity index (χ0v) is 8.42. The van der Waals surface area contributed by atoms with Gasteiger partial charge in [-0.2, -0.15) is 4.98 Å². The Hall–Kier alpha value is -1.75. The fourth-order valence-corrected chi connectivity index (χ4v) is 1.16. The van der Waals surface area contributed by atoms with E-state index in [0.717, 1.165) is 6.42 Å². The summed E-state index contributed by atoms with van der Waals surface area (Å²) in [5.41, 5.74) is 6.45. The summed E-state index contributed by atoms with van der Waals surface area (Å²) in [4.78, 5) is 8.30. The Kier molecular flexibility index (Phi) is 2.73. The molecule has 5 nitrogen and oxygen atoms in total. The van der Waals surface area contributed by atoms with E-state index < -0.39 is 0 Å². The van der Waals surface area contributed by atoms with Gasteiger partial charge in [0.25, 0.3) is 5.89 Å². The molecule has 0 saturated carbocycles. The van der Waals surface area contributed by atoms with Crippen molar-refractivity contribution in [2.45, 2.75) is 19.4 Å². The fourth-order valence-electron chi connectivity index (χ4n) is 1.16. The van der Waals surface area contributed by atoms with E-state index in [1.165, 1.54) is 0 Å². The minimum atomic E-state index is -0.175. The standard InChI is InChI=1S/C10H12N4O/c1-2-7(11)9-13-10(15-14-9)8-5-3-4-6-12-8/h3-7H,2,11H2,1H3. The van der Waals surface area contributed by atoms with Gasteiger partial charge in [-0.1, -0.05) is 18.1 Å². The third kappa shape index (κ3) is 2.02. The Morgan fingerprint density at radius 2 is 2.33 bits per heavy atom. The molecule has 1 atom stereocenters. The quantitative estimate of drug-likeness (QED) is 0.820. The molecule has 1 unspecified atom stereocenters. The van der Waals surface area contributed by atoms with Gasteiger partial charge >= 0.3 is 0 Å². The summed E-state index contributed by atoms with van der Waals surface area (Å²) < 4.78 is 5.07. The predicted octanol–water partition coefficient (Wildman–Crippen LogP) is 1.54. The maximum atomic E-state index is 5.78. The van der Waals surface area contributed by atoms with Crippen molar-refractivity contribution in [2.24, 2.45) is 5.73 Å². The van der Waals surface area contributed by atoms with Crippen molar-refractivity contribution in [1.29, 1.82) is 0 Å². The van der Waals surface area contributed by atoms with Crippen LogP contribution < -0.4 is 5.73 Å². The Labute approximate surface area is 87.3 Å². The second-order valence-electron chi connectivity index (χ2n) is 3.19. The van der Waals surface area contributed by atoms with Crippen molar-refractivity contribution in [1.82, 2.24) is 15.1 Å². The molecule has 2 heterocycles. The highest BCUT2D eigenvalue weighted by molar-refractivity contribution is 5.45. The molecular weight excluding hydrogens is 192 g/mol. The number of nitrogens with zero attached hydrogens (tertiary/aromatic N) is 3. The molecule has 2 aromatic rings. The summed E-state index contributed by atoms with van der Waals surface area (Å²) in [5, 5.41) is 3.81. The normalized spacial score (nSPS) is 12.7. The fraction of sp³-hybridized carbons (Fsp3) is 0.300. The molecule has 2 N–H and O–H groups in total. The van der Waals surface area contributed by atoms with E-state index in [0.29, 0.717) is 17.4 Å². The Morgan fingerprint density at radius 1 is 1.47 bits per heavy atom. The Bertz CT molecular complexity index is 426. The van der Waals surface area contributed by atoms with Crippen molar-refractivity contribution < 1.29 is 4.52 Å². The summed E-state index contributed by atoms with van der Waals surface area (Å²) >= 11 is 0. The molecule has 0 bridgehead atoms. The molecule has 0 aromatic carbocycles. The van der Waals surface area contributed by atoms with Crippen LogP contribution in [0.25, 0.3) is 11.6 Å². The minimum Gasteiger partial charge on any atom is -0.332 e. The van der Waals surface area contributed by atoms with Gasteiger partial charge in [-0.25, -0.2) is 0 Å². The van der Waals surface area contributed by atoms with Crippen LogP contribution >= 0.6 is 0 Å². The van der Waals surface area contributed by atoms with Crippen LogP contribution in [-0.2, 0) is 0 Å². The highest BCUT2D eigenvalue weighted by Gasteiger charge is 2.13. The zero-order valence-electron chi connectivity index (χ0n) is 8.42. The molecule has 0 saturated heterocycles. The first-order chi connectivity index (χ1) is 7.31. The summed E-state index contributed by atoms with van der Waals surface area (Å²) in [6.45, 7) is 1.97. The first kappa shape index (κ1) is 9.79. The van der Waals surface area contributed by atoms with Crippen molar-refractivity contribution in [3.05, 3.63) is 30.2 Å². The lowest BCUT2D eigenvalue weighted by atomic mass is 10.2. The number of nitrogens with two attached hydrogens (primary N) is 1. The van der Waals surface area contributed by atoms with Crippen molar-refractivity contribution in [3.63, 3.8) is 0 Å². The minimum absolute atomic E-state index is 0.175. The second kappa shape index (κ2) is 4.18. The molecule has 78 valence electrons. The van der Waals surface area contributed by atoms with E-state index in [-0.39, 0.29) is 6.04 Å². The third-order valence-corrected chi connectivity index (χ3v) is 2.10. The average molecular weight is 204 g/mol. The van der Waals surface area contributed by atoms with Crippen molar-refractivity contribution >= 4 is 0 Å². The van der Waals surface area contributed by atoms with E-state index in [2.05, 4.69) is 15.1 Å². The molecule has 2 rings (SSSR count). The average Bonchev–Trinajstić information content (AvgIpc) is 2.78. The van der Waals surface area contributed by atoms with Gasteiger partial charge < -0.3 is 10.3 Å². The van der Waals surface area contributed by atoms with Gasteiger partial charge in [0.05, 0.1) is 6.04 Å². The van der Waals surface area contributed by atoms with Gasteiger partial charge in [0.2, 0.25) is 0 Å². The van der Waals surface area contributed by atoms with E-state index in [9.17, 15) is 0 Å². The number of pyridine rings is 1. The van der Waals surface area contributed by atoms with Crippen LogP contribution in [0.3, 0.4) is 0 Å². The highest BCUT2D eigenvalue weighted by Crippen LogP contribution is 2.16. The largest absolute Gasteiger partial charge is 0.332 e. The molecule has 15 heavy (non-hydrogen) atoms. The van der Waals surface area contributed by atoms with Crippen LogP contribution in [0.1, 0.15) is 25.2 Å². The Balaban J connectivity index is 2.28. The SMILES string of the molecule is CCC(N)c1noc(-c2ccccn2)n1. The molecule has 2 aromatic heterocycles. The van der Waals surface area contributed by atoms with E-state index in [4.69, 9.17) is 10.3 Å². The maximum Gasteiger partial charge on any atom is 0.276 e. The molecule has 0 fully saturated rings. The number of hydrogen-bond donors (Lipinski definition) is 1. The highest BCUT2D eigenvalue weighted by atomic mass is 16.5. The summed E-state index contributed by atoms with van der Waals surface area (Å²) in [6, 6.07) is 5.34. The predicted molar refractivity (Wildman–Crippen MR) is 54.7 cm³/mol. The van der Waals surface area contributed by atoms with Crippen LogP contribution in [0.15, 0.2) is 28.9 Å². The number of rotatable bonds is 3. The number of hydrogen-bond acceptors (Lipinski definition) is 5. The van der Waals surface area contributed by atoms with Gasteiger partial charge in [0.15, 0.2) is 5.82 Å². The number of aromatic nitrogens is 3. The molecule has 0 aliphatic carbocycles. The van der Waals surface area contributed by atoms with Crippen molar-refractivity contribution in [3.8, 4) is 11.6 Å². The lowest BCUT2D eigenvalue weighted by molar-refractivity contribution is 0.414. The molecule has 0 aliphatic heterocycles. The maximum absolute atomic E-state index is 5.78. The van der Waals surface area contributed by atoms with E-state index >= 15 is 0 Å². The van der Waals surface area contributed by atoms with Gasteiger partial charge in [-0.15, -0.1) is 0 Å². The molecule has 0 spiro atoms. The first-order valence-corrected chi connectivity index (χ1v) is 4.82. The van der Waals surface area contributed by atoms with Crippen LogP contribution in [0.2, 0.25) is 0 Å². The van der Waals surface area contributed by atoms with E-state index in [1.807, 2.05) is 25.1 Å². The summed E-state index contributed by atoms with van der Waals surface area (Å²) in [6.07, 6.45) is 2.46. The lowest BCUT2D eigenvalue weighted by Gasteiger charge is -1.99. The van der Waals surface area contributed by atoms with Crippen LogP contribution in [0.4, 0.5) is 0 Å². The van der Waals surface area contributed by atoms with Gasteiger partial charge in [-0.3, -0.25) is 4.98 Å². The summed E-state index contributed by atoms with van der Waals surface area (Å²) in [7, 11) is 0. The van der Waals surface area contributed by atoms with Gasteiger partial charge in [0, 0.05) is 6.20 Å². The molecular formula is C10H12N4O. The lowest BCUT2D eigenvalue weighted by Crippen LogP contribution is -2.10. The smallest absolute Gasteiger partial charge is 0.276 e. The summed E-state index contributed by atoms with van der Waals surface area (Å²) in [5.74, 6) is 0.938. The monoisotopic (exact) mass is 204 g/mol. The molecule has 5 heteroatoms. The van der Waals surface area contributed by atoms with Gasteiger partial charge in [0.1, 0.15) is 5.69 Å². The van der Waals surface area contributed by atoms with Crippen LogP contribution in [0, 0.1) is 0 Å². The third-order valence-electron chi connectivity index (χ3n) is 2.10. The first-order valence-electron chi connectivity index (χ1n) is 4.82. The molecule has 0 amide bonds. The second-order valence-corrected chi connectivity index (χ2v) is 3.19. The zero-order chi connectivity index (χ0) is 10.7. The van der Waals surface area contributed by atoms with Crippen molar-refractivity contribution in [2.75, 3.05) is 0 Å².